The molecule has 0 amide bonds. The lowest BCUT2D eigenvalue weighted by atomic mass is 9.79. The van der Waals surface area contributed by atoms with Crippen LogP contribution in [-0.2, 0) is 24.2 Å². The van der Waals surface area contributed by atoms with Crippen molar-refractivity contribution in [3.63, 3.8) is 0 Å². The normalized spacial score (nSPS) is 14.4. The van der Waals surface area contributed by atoms with Crippen molar-refractivity contribution in [3.8, 4) is 0 Å². The third-order valence-corrected chi connectivity index (χ3v) is 11.7. The first-order valence-electron chi connectivity index (χ1n) is 23.1. The van der Waals surface area contributed by atoms with Gasteiger partial charge in [-0.25, -0.2) is 4.18 Å². The van der Waals surface area contributed by atoms with Gasteiger partial charge in [0.1, 0.15) is 0 Å². The highest BCUT2D eigenvalue weighted by atomic mass is 32.3. The van der Waals surface area contributed by atoms with Crippen molar-refractivity contribution in [3.05, 3.63) is 24.3 Å². The van der Waals surface area contributed by atoms with Crippen molar-refractivity contribution < 1.29 is 42.1 Å². The van der Waals surface area contributed by atoms with E-state index in [9.17, 15) is 37.9 Å². The van der Waals surface area contributed by atoms with Gasteiger partial charge in [0.05, 0.1) is 17.9 Å². The van der Waals surface area contributed by atoms with E-state index in [2.05, 4.69) is 38.2 Å². The van der Waals surface area contributed by atoms with E-state index < -0.39 is 52.8 Å². The van der Waals surface area contributed by atoms with Gasteiger partial charge in [0.15, 0.2) is 0 Å². The monoisotopic (exact) mass is 815 g/mol. The molecule has 0 aliphatic carbocycles. The van der Waals surface area contributed by atoms with Gasteiger partial charge in [0.25, 0.3) is 0 Å². The third-order valence-electron chi connectivity index (χ3n) is 11.2. The SMILES string of the molecule is CCCCCCCC/C=C\CCCCCCCCC(CC(CC(CCCCCCCC/C=C\CCCCCCCC)C(=O)O)C(CCO)OS(=O)(=O)O)C(=O)O. The van der Waals surface area contributed by atoms with E-state index in [1.807, 2.05) is 0 Å². The number of allylic oxidation sites excluding steroid dienone is 4. The lowest BCUT2D eigenvalue weighted by Gasteiger charge is -2.30. The molecule has 0 aromatic rings. The van der Waals surface area contributed by atoms with Crippen molar-refractivity contribution in [2.75, 3.05) is 6.61 Å². The van der Waals surface area contributed by atoms with E-state index in [0.717, 1.165) is 89.9 Å². The van der Waals surface area contributed by atoms with E-state index in [1.165, 1.54) is 77.0 Å². The van der Waals surface area contributed by atoms with E-state index in [-0.39, 0.29) is 19.3 Å². The van der Waals surface area contributed by atoms with Gasteiger partial charge in [-0.05, 0) is 89.4 Å². The molecule has 4 N–H and O–H groups in total. The summed E-state index contributed by atoms with van der Waals surface area (Å²) in [7, 11) is -4.91. The average Bonchev–Trinajstić information content (AvgIpc) is 3.15. The maximum Gasteiger partial charge on any atom is 0.397 e. The van der Waals surface area contributed by atoms with Crippen molar-refractivity contribution >= 4 is 22.3 Å². The zero-order valence-corrected chi connectivity index (χ0v) is 36.7. The van der Waals surface area contributed by atoms with Gasteiger partial charge in [-0.2, -0.15) is 8.42 Å². The van der Waals surface area contributed by atoms with Crippen LogP contribution >= 0.6 is 0 Å². The van der Waals surface area contributed by atoms with Crippen LogP contribution in [0, 0.1) is 17.8 Å². The van der Waals surface area contributed by atoms with E-state index in [1.54, 1.807) is 0 Å². The zero-order chi connectivity index (χ0) is 41.5. The summed E-state index contributed by atoms with van der Waals surface area (Å²) in [6.45, 7) is 4.03. The highest BCUT2D eigenvalue weighted by molar-refractivity contribution is 7.80. The standard InChI is InChI=1S/C46H86O9S/c1-3-5-7-9-11-13-15-17-19-21-23-25-27-29-31-33-35-41(45(48)49)39-43(44(37-38-47)55-56(52,53)54)40-42(46(50)51)36-34-32-30-28-26-24-22-20-18-16-14-12-10-8-6-4-2/h17-20,41-44,47H,3-16,21-40H2,1-2H3,(H,48,49)(H,50,51)(H,52,53,54)/b19-17-,20-18-. The second-order valence-electron chi connectivity index (χ2n) is 16.3. The van der Waals surface area contributed by atoms with Gasteiger partial charge >= 0.3 is 22.3 Å². The third kappa shape index (κ3) is 35.4. The van der Waals surface area contributed by atoms with Gasteiger partial charge < -0.3 is 15.3 Å². The Morgan fingerprint density at radius 2 is 0.804 bits per heavy atom. The first kappa shape index (κ1) is 54.2. The summed E-state index contributed by atoms with van der Waals surface area (Å²) in [5, 5.41) is 29.9. The van der Waals surface area contributed by atoms with Crippen molar-refractivity contribution in [2.45, 2.75) is 232 Å². The van der Waals surface area contributed by atoms with Gasteiger partial charge in [-0.3, -0.25) is 14.1 Å². The minimum atomic E-state index is -4.91. The molecule has 9 nitrogen and oxygen atoms in total. The molecule has 0 bridgehead atoms. The molecule has 330 valence electrons. The first-order chi connectivity index (χ1) is 27.1. The number of carboxylic acids is 2. The largest absolute Gasteiger partial charge is 0.481 e. The molecule has 0 aliphatic rings. The fourth-order valence-corrected chi connectivity index (χ4v) is 8.30. The highest BCUT2D eigenvalue weighted by Crippen LogP contribution is 2.33. The van der Waals surface area contributed by atoms with Gasteiger partial charge in [0, 0.05) is 6.61 Å². The van der Waals surface area contributed by atoms with Crippen molar-refractivity contribution in [1.82, 2.24) is 0 Å². The summed E-state index contributed by atoms with van der Waals surface area (Å²) in [6.07, 6.45) is 40.8. The molecule has 0 radical (unpaired) electrons. The van der Waals surface area contributed by atoms with Gasteiger partial charge in [-0.1, -0.05) is 167 Å². The maximum absolute atomic E-state index is 12.4. The first-order valence-corrected chi connectivity index (χ1v) is 24.4. The molecular weight excluding hydrogens is 729 g/mol. The van der Waals surface area contributed by atoms with Crippen LogP contribution in [0.2, 0.25) is 0 Å². The van der Waals surface area contributed by atoms with Crippen LogP contribution in [0.25, 0.3) is 0 Å². The highest BCUT2D eigenvalue weighted by Gasteiger charge is 2.34. The van der Waals surface area contributed by atoms with E-state index >= 15 is 0 Å². The van der Waals surface area contributed by atoms with Crippen LogP contribution in [0.5, 0.6) is 0 Å². The molecule has 0 aliphatic heterocycles. The molecule has 0 fully saturated rings. The minimum Gasteiger partial charge on any atom is -0.481 e. The maximum atomic E-state index is 12.4. The van der Waals surface area contributed by atoms with Crippen LogP contribution < -0.4 is 0 Å². The fraction of sp³-hybridized carbons (Fsp3) is 0.870. The predicted octanol–water partition coefficient (Wildman–Crippen LogP) is 13.2. The smallest absolute Gasteiger partial charge is 0.397 e. The lowest BCUT2D eigenvalue weighted by molar-refractivity contribution is -0.143. The number of hydrogen-bond donors (Lipinski definition) is 4. The Morgan fingerprint density at radius 3 is 1.09 bits per heavy atom. The summed E-state index contributed by atoms with van der Waals surface area (Å²) < 4.78 is 37.9. The number of rotatable bonds is 43. The Balaban J connectivity index is 4.77. The zero-order valence-electron chi connectivity index (χ0n) is 35.9. The van der Waals surface area contributed by atoms with Crippen molar-refractivity contribution in [2.24, 2.45) is 17.8 Å². The molecule has 3 unspecified atom stereocenters. The summed E-state index contributed by atoms with van der Waals surface area (Å²) in [5.74, 6) is -4.45. The van der Waals surface area contributed by atoms with E-state index in [0.29, 0.717) is 25.7 Å². The molecule has 3 atom stereocenters. The van der Waals surface area contributed by atoms with Crippen LogP contribution in [0.1, 0.15) is 226 Å². The summed E-state index contributed by atoms with van der Waals surface area (Å²) >= 11 is 0. The molecule has 0 heterocycles. The lowest BCUT2D eigenvalue weighted by Crippen LogP contribution is -2.34. The van der Waals surface area contributed by atoms with E-state index in [4.69, 9.17) is 4.18 Å². The number of carboxylic acid groups (broad SMARTS) is 2. The Morgan fingerprint density at radius 1 is 0.500 bits per heavy atom. The van der Waals surface area contributed by atoms with Crippen LogP contribution in [0.4, 0.5) is 0 Å². The summed E-state index contributed by atoms with van der Waals surface area (Å²) in [6, 6.07) is 0. The Hall–Kier alpha value is -1.75. The molecule has 56 heavy (non-hydrogen) atoms. The van der Waals surface area contributed by atoms with Crippen molar-refractivity contribution in [1.29, 1.82) is 0 Å². The van der Waals surface area contributed by atoms with Gasteiger partial charge in [0.2, 0.25) is 0 Å². The van der Waals surface area contributed by atoms with Crippen LogP contribution in [0.15, 0.2) is 24.3 Å². The second kappa shape index (κ2) is 38.8. The number of hydrogen-bond acceptors (Lipinski definition) is 6. The quantitative estimate of drug-likeness (QED) is 0.0267. The molecule has 0 spiro atoms. The Kier molecular flexibility index (Phi) is 37.5. The van der Waals surface area contributed by atoms with Crippen LogP contribution in [0.3, 0.4) is 0 Å². The molecule has 0 rings (SSSR count). The molecular formula is C46H86O9S. The molecule has 0 aromatic heterocycles. The second-order valence-corrected chi connectivity index (χ2v) is 17.4. The number of unbranched alkanes of at least 4 members (excludes halogenated alkanes) is 24. The molecule has 10 heteroatoms. The molecule has 0 aromatic carbocycles. The Labute approximate surface area is 343 Å². The number of aliphatic carboxylic acids is 2. The summed E-state index contributed by atoms with van der Waals surface area (Å²) in [4.78, 5) is 24.7. The number of carbonyl (C=O) groups is 2. The number of aliphatic hydroxyl groups is 1. The molecule has 0 saturated carbocycles. The number of aliphatic hydroxyl groups excluding tert-OH is 1. The Bertz CT molecular complexity index is 1010. The minimum absolute atomic E-state index is 0.0117. The summed E-state index contributed by atoms with van der Waals surface area (Å²) in [5.41, 5.74) is 0. The topological polar surface area (TPSA) is 158 Å². The fourth-order valence-electron chi connectivity index (χ4n) is 7.74. The van der Waals surface area contributed by atoms with Crippen LogP contribution in [-0.4, -0.2) is 52.9 Å². The molecule has 0 saturated heterocycles. The average molecular weight is 815 g/mol. The predicted molar refractivity (Wildman–Crippen MR) is 231 cm³/mol. The van der Waals surface area contributed by atoms with Gasteiger partial charge in [-0.15, -0.1) is 0 Å².